The Balaban J connectivity index is 1.66. The number of imidazole rings is 1. The first-order chi connectivity index (χ1) is 15.8. The van der Waals surface area contributed by atoms with E-state index >= 15 is 0 Å². The van der Waals surface area contributed by atoms with Gasteiger partial charge in [0, 0.05) is 18.2 Å². The summed E-state index contributed by atoms with van der Waals surface area (Å²) >= 11 is 0. The summed E-state index contributed by atoms with van der Waals surface area (Å²) in [6.07, 6.45) is 3.56. The molecule has 0 N–H and O–H groups in total. The fraction of sp³-hybridized carbons (Fsp3) is 0.385. The maximum Gasteiger partial charge on any atom is 0.254 e. The highest BCUT2D eigenvalue weighted by molar-refractivity contribution is 7.90. The van der Waals surface area contributed by atoms with Gasteiger partial charge in [0.25, 0.3) is 5.91 Å². The molecule has 1 amide bonds. The lowest BCUT2D eigenvalue weighted by Gasteiger charge is -2.24. The molecule has 0 unspecified atom stereocenters. The molecule has 33 heavy (non-hydrogen) atoms. The minimum atomic E-state index is -3.66. The fourth-order valence-corrected chi connectivity index (χ4v) is 5.65. The third-order valence-electron chi connectivity index (χ3n) is 5.94. The molecule has 1 aliphatic rings. The van der Waals surface area contributed by atoms with Crippen LogP contribution in [0.1, 0.15) is 53.9 Å². The third kappa shape index (κ3) is 5.36. The van der Waals surface area contributed by atoms with Crippen LogP contribution in [0, 0.1) is 12.8 Å². The molecule has 0 bridgehead atoms. The number of sulfone groups is 1. The van der Waals surface area contributed by atoms with Gasteiger partial charge >= 0.3 is 0 Å². The van der Waals surface area contributed by atoms with Crippen LogP contribution in [0.2, 0.25) is 0 Å². The van der Waals surface area contributed by atoms with Crippen LogP contribution < -0.4 is 0 Å². The van der Waals surface area contributed by atoms with Crippen LogP contribution in [-0.4, -0.2) is 34.8 Å². The number of aryl methyl sites for hydroxylation is 1. The van der Waals surface area contributed by atoms with E-state index in [4.69, 9.17) is 0 Å². The summed E-state index contributed by atoms with van der Waals surface area (Å²) in [5.74, 6) is 0.105. The van der Waals surface area contributed by atoms with Gasteiger partial charge in [-0.25, -0.2) is 13.4 Å². The Hall–Kier alpha value is -2.93. The molecule has 6 nitrogen and oxygen atoms in total. The van der Waals surface area contributed by atoms with Crippen LogP contribution in [0.5, 0.6) is 0 Å². The van der Waals surface area contributed by atoms with Gasteiger partial charge in [0.2, 0.25) is 15.0 Å². The Bertz CT molecular complexity index is 1230. The average Bonchev–Trinajstić information content (AvgIpc) is 3.55. The molecular weight excluding hydrogens is 434 g/mol. The van der Waals surface area contributed by atoms with Gasteiger partial charge in [-0.05, 0) is 48.9 Å². The Morgan fingerprint density at radius 2 is 1.76 bits per heavy atom. The molecule has 174 valence electrons. The Kier molecular flexibility index (Phi) is 6.70. The first-order valence-corrected chi connectivity index (χ1v) is 13.1. The van der Waals surface area contributed by atoms with Crippen molar-refractivity contribution in [1.29, 1.82) is 0 Å². The van der Waals surface area contributed by atoms with Gasteiger partial charge in [-0.1, -0.05) is 56.3 Å². The van der Waals surface area contributed by atoms with Crippen molar-refractivity contribution < 1.29 is 13.2 Å². The molecule has 1 heterocycles. The number of amides is 1. The van der Waals surface area contributed by atoms with Gasteiger partial charge in [0.05, 0.1) is 24.2 Å². The number of carbonyl (C=O) groups is 1. The standard InChI is InChI=1S/C26H31N3O3S/c1-19(2)16-29-24(17-28(23-13-14-23)25(30)21-10-5-4-6-11-21)15-27-26(29)33(31,32)18-22-12-8-7-9-20(22)3/h4-12,15,19,23H,13-14,16-18H2,1-3H3. The lowest BCUT2D eigenvalue weighted by molar-refractivity contribution is 0.0725. The summed E-state index contributed by atoms with van der Waals surface area (Å²) in [4.78, 5) is 19.5. The van der Waals surface area contributed by atoms with Gasteiger partial charge in [0.1, 0.15) is 0 Å². The highest BCUT2D eigenvalue weighted by atomic mass is 32.2. The summed E-state index contributed by atoms with van der Waals surface area (Å²) in [5, 5.41) is 0.0809. The van der Waals surface area contributed by atoms with Crippen LogP contribution in [0.4, 0.5) is 0 Å². The van der Waals surface area contributed by atoms with Crippen molar-refractivity contribution in [2.75, 3.05) is 0 Å². The zero-order valence-corrected chi connectivity index (χ0v) is 20.3. The van der Waals surface area contributed by atoms with Gasteiger partial charge in [-0.3, -0.25) is 4.79 Å². The topological polar surface area (TPSA) is 72.3 Å². The first-order valence-electron chi connectivity index (χ1n) is 11.4. The molecule has 0 spiro atoms. The lowest BCUT2D eigenvalue weighted by Crippen LogP contribution is -2.33. The minimum Gasteiger partial charge on any atom is -0.330 e. The molecule has 1 fully saturated rings. The van der Waals surface area contributed by atoms with Gasteiger partial charge in [-0.2, -0.15) is 0 Å². The fourth-order valence-electron chi connectivity index (χ4n) is 4.04. The molecular formula is C26H31N3O3S. The Morgan fingerprint density at radius 3 is 2.39 bits per heavy atom. The zero-order chi connectivity index (χ0) is 23.6. The Morgan fingerprint density at radius 1 is 1.09 bits per heavy atom. The normalized spacial score (nSPS) is 13.9. The molecule has 3 aromatic rings. The molecule has 7 heteroatoms. The number of benzene rings is 2. The van der Waals surface area contributed by atoms with Crippen LogP contribution in [0.15, 0.2) is 66.0 Å². The molecule has 0 atom stereocenters. The maximum absolute atomic E-state index is 13.4. The highest BCUT2D eigenvalue weighted by Gasteiger charge is 2.34. The van der Waals surface area contributed by atoms with E-state index in [2.05, 4.69) is 18.8 Å². The molecule has 2 aromatic carbocycles. The van der Waals surface area contributed by atoms with E-state index in [9.17, 15) is 13.2 Å². The van der Waals surface area contributed by atoms with E-state index in [1.165, 1.54) is 0 Å². The number of rotatable bonds is 9. The monoisotopic (exact) mass is 465 g/mol. The largest absolute Gasteiger partial charge is 0.330 e. The van der Waals surface area contributed by atoms with E-state index in [1.807, 2.05) is 66.4 Å². The molecule has 1 aliphatic carbocycles. The zero-order valence-electron chi connectivity index (χ0n) is 19.4. The number of carbonyl (C=O) groups excluding carboxylic acids is 1. The molecule has 1 aromatic heterocycles. The van der Waals surface area contributed by atoms with Crippen LogP contribution in [0.25, 0.3) is 0 Å². The summed E-state index contributed by atoms with van der Waals surface area (Å²) in [6, 6.07) is 17.0. The average molecular weight is 466 g/mol. The van der Waals surface area contributed by atoms with Crippen molar-refractivity contribution in [1.82, 2.24) is 14.5 Å². The van der Waals surface area contributed by atoms with Gasteiger partial charge < -0.3 is 9.47 Å². The number of hydrogen-bond acceptors (Lipinski definition) is 4. The van der Waals surface area contributed by atoms with Gasteiger partial charge in [0.15, 0.2) is 0 Å². The molecule has 4 rings (SSSR count). The van der Waals surface area contributed by atoms with Crippen molar-refractivity contribution in [2.45, 2.75) is 63.7 Å². The van der Waals surface area contributed by atoms with Crippen LogP contribution in [-0.2, 0) is 28.7 Å². The first kappa shape index (κ1) is 23.2. The summed E-state index contributed by atoms with van der Waals surface area (Å²) in [7, 11) is -3.66. The van der Waals surface area contributed by atoms with E-state index < -0.39 is 9.84 Å². The second kappa shape index (κ2) is 9.51. The third-order valence-corrected chi connectivity index (χ3v) is 7.51. The number of hydrogen-bond donors (Lipinski definition) is 0. The second-order valence-corrected chi connectivity index (χ2v) is 11.1. The van der Waals surface area contributed by atoms with Crippen molar-refractivity contribution in [3.05, 3.63) is 83.2 Å². The maximum atomic E-state index is 13.4. The van der Waals surface area contributed by atoms with Crippen LogP contribution >= 0.6 is 0 Å². The quantitative estimate of drug-likeness (QED) is 0.462. The smallest absolute Gasteiger partial charge is 0.254 e. The predicted molar refractivity (Wildman–Crippen MR) is 128 cm³/mol. The van der Waals surface area contributed by atoms with Crippen molar-refractivity contribution in [3.63, 3.8) is 0 Å². The number of aromatic nitrogens is 2. The minimum absolute atomic E-state index is 0.0280. The molecule has 0 saturated heterocycles. The lowest BCUT2D eigenvalue weighted by atomic mass is 10.1. The summed E-state index contributed by atoms with van der Waals surface area (Å²) < 4.78 is 28.6. The highest BCUT2D eigenvalue weighted by Crippen LogP contribution is 2.31. The summed E-state index contributed by atoms with van der Waals surface area (Å²) in [6.45, 7) is 6.89. The predicted octanol–water partition coefficient (Wildman–Crippen LogP) is 4.63. The van der Waals surface area contributed by atoms with E-state index in [0.29, 0.717) is 18.7 Å². The van der Waals surface area contributed by atoms with Crippen LogP contribution in [0.3, 0.4) is 0 Å². The van der Waals surface area contributed by atoms with E-state index in [1.54, 1.807) is 10.8 Å². The van der Waals surface area contributed by atoms with E-state index in [0.717, 1.165) is 29.7 Å². The summed E-state index contributed by atoms with van der Waals surface area (Å²) in [5.41, 5.74) is 3.11. The van der Waals surface area contributed by atoms with Crippen molar-refractivity contribution in [2.24, 2.45) is 5.92 Å². The van der Waals surface area contributed by atoms with Gasteiger partial charge in [-0.15, -0.1) is 0 Å². The SMILES string of the molecule is Cc1ccccc1CS(=O)(=O)c1ncc(CN(C(=O)c2ccccc2)C2CC2)n1CC(C)C. The second-order valence-electron chi connectivity index (χ2n) is 9.25. The molecule has 0 aliphatic heterocycles. The van der Waals surface area contributed by atoms with Crippen molar-refractivity contribution >= 4 is 15.7 Å². The number of nitrogens with zero attached hydrogens (tertiary/aromatic N) is 3. The Labute approximate surface area is 196 Å². The molecule has 0 radical (unpaired) electrons. The molecule has 1 saturated carbocycles. The van der Waals surface area contributed by atoms with Crippen molar-refractivity contribution in [3.8, 4) is 0 Å². The van der Waals surface area contributed by atoms with E-state index in [-0.39, 0.29) is 28.8 Å².